The van der Waals surface area contributed by atoms with Gasteiger partial charge in [0.25, 0.3) is 5.56 Å². The summed E-state index contributed by atoms with van der Waals surface area (Å²) in [6.07, 6.45) is 8.61. The highest BCUT2D eigenvalue weighted by Crippen LogP contribution is 2.33. The van der Waals surface area contributed by atoms with E-state index in [9.17, 15) is 4.79 Å². The molecule has 1 aliphatic carbocycles. The highest BCUT2D eigenvalue weighted by molar-refractivity contribution is 9.10. The maximum absolute atomic E-state index is 13.7. The standard InChI is InChI=1S/C28H31BrN4O/c1-4-18(2)32-19(3)24(22-12-8-9-13-26(22)32)17-30-33-27(20-10-6-5-7-11-20)31-25-15-14-21(29)16-23(25)28(33)34/h8-9,12-18,20H,4-7,10-11H2,1-3H3/t18-/m0/s1. The van der Waals surface area contributed by atoms with Gasteiger partial charge in [0.1, 0.15) is 5.82 Å². The van der Waals surface area contributed by atoms with E-state index in [1.807, 2.05) is 24.4 Å². The number of rotatable bonds is 5. The lowest BCUT2D eigenvalue weighted by Gasteiger charge is -2.22. The summed E-state index contributed by atoms with van der Waals surface area (Å²) in [5.41, 5.74) is 4.07. The highest BCUT2D eigenvalue weighted by Gasteiger charge is 2.23. The zero-order valence-electron chi connectivity index (χ0n) is 20.1. The van der Waals surface area contributed by atoms with Gasteiger partial charge in [-0.2, -0.15) is 9.78 Å². The van der Waals surface area contributed by atoms with Crippen molar-refractivity contribution in [2.24, 2.45) is 5.10 Å². The van der Waals surface area contributed by atoms with Gasteiger partial charge in [-0.15, -0.1) is 0 Å². The van der Waals surface area contributed by atoms with Gasteiger partial charge in [0.2, 0.25) is 0 Å². The molecule has 1 atom stereocenters. The number of nitrogens with zero attached hydrogens (tertiary/aromatic N) is 4. The summed E-state index contributed by atoms with van der Waals surface area (Å²) in [7, 11) is 0. The molecule has 5 rings (SSSR count). The maximum Gasteiger partial charge on any atom is 0.282 e. The zero-order valence-corrected chi connectivity index (χ0v) is 21.7. The smallest absolute Gasteiger partial charge is 0.282 e. The minimum atomic E-state index is -0.105. The predicted octanol–water partition coefficient (Wildman–Crippen LogP) is 7.32. The van der Waals surface area contributed by atoms with Gasteiger partial charge in [-0.3, -0.25) is 4.79 Å². The molecular formula is C28H31BrN4O. The first-order chi connectivity index (χ1) is 16.5. The van der Waals surface area contributed by atoms with Crippen molar-refractivity contribution < 1.29 is 0 Å². The van der Waals surface area contributed by atoms with Gasteiger partial charge < -0.3 is 4.57 Å². The van der Waals surface area contributed by atoms with Gasteiger partial charge in [0.15, 0.2) is 0 Å². The molecule has 1 aliphatic rings. The maximum atomic E-state index is 13.7. The molecule has 1 fully saturated rings. The van der Waals surface area contributed by atoms with E-state index in [-0.39, 0.29) is 11.5 Å². The Hall–Kier alpha value is -2.73. The summed E-state index contributed by atoms with van der Waals surface area (Å²) in [5.74, 6) is 1.05. The van der Waals surface area contributed by atoms with Gasteiger partial charge in [-0.1, -0.05) is 60.3 Å². The molecule has 34 heavy (non-hydrogen) atoms. The van der Waals surface area contributed by atoms with Crippen molar-refractivity contribution >= 4 is 44.0 Å². The Labute approximate surface area is 208 Å². The summed E-state index contributed by atoms with van der Waals surface area (Å²) in [4.78, 5) is 18.6. The topological polar surface area (TPSA) is 52.2 Å². The molecule has 0 radical (unpaired) electrons. The second kappa shape index (κ2) is 9.49. The number of halogens is 1. The Kier molecular flexibility index (Phi) is 6.43. The van der Waals surface area contributed by atoms with Crippen molar-refractivity contribution in [1.29, 1.82) is 0 Å². The number of para-hydroxylation sites is 1. The molecule has 2 heterocycles. The Morgan fingerprint density at radius 1 is 1.15 bits per heavy atom. The number of hydrogen-bond donors (Lipinski definition) is 0. The molecule has 2 aromatic heterocycles. The molecule has 6 heteroatoms. The lowest BCUT2D eigenvalue weighted by molar-refractivity contribution is 0.416. The van der Waals surface area contributed by atoms with Crippen LogP contribution in [0.2, 0.25) is 0 Å². The molecule has 5 nitrogen and oxygen atoms in total. The summed E-state index contributed by atoms with van der Waals surface area (Å²) in [6.45, 7) is 6.60. The van der Waals surface area contributed by atoms with E-state index in [0.717, 1.165) is 46.0 Å². The molecule has 0 spiro atoms. The largest absolute Gasteiger partial charge is 0.341 e. The Balaban J connectivity index is 1.70. The van der Waals surface area contributed by atoms with E-state index in [4.69, 9.17) is 10.1 Å². The van der Waals surface area contributed by atoms with Crippen LogP contribution in [0.1, 0.15) is 81.4 Å². The molecule has 0 bridgehead atoms. The van der Waals surface area contributed by atoms with Gasteiger partial charge in [0, 0.05) is 38.6 Å². The van der Waals surface area contributed by atoms with Crippen LogP contribution in [0.3, 0.4) is 0 Å². The van der Waals surface area contributed by atoms with Gasteiger partial charge in [-0.05, 0) is 57.4 Å². The summed E-state index contributed by atoms with van der Waals surface area (Å²) >= 11 is 3.50. The average Bonchev–Trinajstić information content (AvgIpc) is 3.14. The fraction of sp³-hybridized carbons (Fsp3) is 0.393. The summed E-state index contributed by atoms with van der Waals surface area (Å²) in [6, 6.07) is 14.6. The third kappa shape index (κ3) is 4.02. The van der Waals surface area contributed by atoms with Gasteiger partial charge in [-0.25, -0.2) is 4.98 Å². The van der Waals surface area contributed by atoms with Crippen molar-refractivity contribution in [2.75, 3.05) is 0 Å². The lowest BCUT2D eigenvalue weighted by Crippen LogP contribution is -2.25. The first kappa shape index (κ1) is 23.0. The normalized spacial score (nSPS) is 16.1. The number of fused-ring (bicyclic) bond motifs is 2. The van der Waals surface area contributed by atoms with Gasteiger partial charge in [0.05, 0.1) is 17.1 Å². The van der Waals surface area contributed by atoms with Crippen molar-refractivity contribution in [1.82, 2.24) is 14.2 Å². The Morgan fingerprint density at radius 3 is 2.68 bits per heavy atom. The molecule has 2 aromatic carbocycles. The van der Waals surface area contributed by atoms with Crippen LogP contribution >= 0.6 is 15.9 Å². The molecule has 0 saturated heterocycles. The van der Waals surface area contributed by atoms with E-state index >= 15 is 0 Å². The molecule has 0 unspecified atom stereocenters. The predicted molar refractivity (Wildman–Crippen MR) is 144 cm³/mol. The minimum absolute atomic E-state index is 0.105. The van der Waals surface area contributed by atoms with Crippen LogP contribution in [0.5, 0.6) is 0 Å². The molecule has 0 amide bonds. The molecule has 0 aliphatic heterocycles. The van der Waals surface area contributed by atoms with Crippen molar-refractivity contribution in [3.8, 4) is 0 Å². The van der Waals surface area contributed by atoms with Crippen LogP contribution in [0.25, 0.3) is 21.8 Å². The van der Waals surface area contributed by atoms with Crippen LogP contribution in [0.15, 0.2) is 56.8 Å². The number of hydrogen-bond acceptors (Lipinski definition) is 3. The molecule has 1 saturated carbocycles. The number of benzene rings is 2. The van der Waals surface area contributed by atoms with E-state index in [1.165, 1.54) is 30.5 Å². The highest BCUT2D eigenvalue weighted by atomic mass is 79.9. The van der Waals surface area contributed by atoms with Crippen LogP contribution in [0, 0.1) is 6.92 Å². The first-order valence-corrected chi connectivity index (χ1v) is 13.1. The third-order valence-electron chi connectivity index (χ3n) is 7.34. The Bertz CT molecular complexity index is 1440. The monoisotopic (exact) mass is 518 g/mol. The second-order valence-corrected chi connectivity index (χ2v) is 10.4. The second-order valence-electron chi connectivity index (χ2n) is 9.47. The SMILES string of the molecule is CC[C@H](C)n1c(C)c(C=Nn2c(C3CCCCC3)nc3ccc(Br)cc3c2=O)c2ccccc21. The van der Waals surface area contributed by atoms with E-state index in [2.05, 4.69) is 65.5 Å². The minimum Gasteiger partial charge on any atom is -0.341 e. The molecule has 4 aromatic rings. The average molecular weight is 519 g/mol. The van der Waals surface area contributed by atoms with E-state index < -0.39 is 0 Å². The molecule has 0 N–H and O–H groups in total. The third-order valence-corrected chi connectivity index (χ3v) is 7.84. The number of aromatic nitrogens is 3. The van der Waals surface area contributed by atoms with Crippen LogP contribution in [0.4, 0.5) is 0 Å². The van der Waals surface area contributed by atoms with E-state index in [1.54, 1.807) is 4.68 Å². The Morgan fingerprint density at radius 2 is 1.91 bits per heavy atom. The quantitative estimate of drug-likeness (QED) is 0.260. The lowest BCUT2D eigenvalue weighted by atomic mass is 9.88. The first-order valence-electron chi connectivity index (χ1n) is 12.4. The summed E-state index contributed by atoms with van der Waals surface area (Å²) in [5, 5.41) is 6.58. The molecule has 176 valence electrons. The van der Waals surface area contributed by atoms with Crippen molar-refractivity contribution in [3.63, 3.8) is 0 Å². The van der Waals surface area contributed by atoms with E-state index in [0.29, 0.717) is 11.4 Å². The van der Waals surface area contributed by atoms with Gasteiger partial charge >= 0.3 is 0 Å². The van der Waals surface area contributed by atoms with Crippen LogP contribution < -0.4 is 5.56 Å². The summed E-state index contributed by atoms with van der Waals surface area (Å²) < 4.78 is 4.82. The van der Waals surface area contributed by atoms with Crippen LogP contribution in [-0.2, 0) is 0 Å². The fourth-order valence-electron chi connectivity index (χ4n) is 5.35. The van der Waals surface area contributed by atoms with Crippen molar-refractivity contribution in [3.05, 3.63) is 74.4 Å². The fourth-order valence-corrected chi connectivity index (χ4v) is 5.71. The van der Waals surface area contributed by atoms with Crippen molar-refractivity contribution in [2.45, 2.75) is 71.3 Å². The molecular weight excluding hydrogens is 488 g/mol. The zero-order chi connectivity index (χ0) is 23.8. The van der Waals surface area contributed by atoms with Crippen LogP contribution in [-0.4, -0.2) is 20.4 Å².